The summed E-state index contributed by atoms with van der Waals surface area (Å²) in [7, 11) is -2.56. The van der Waals surface area contributed by atoms with Crippen molar-refractivity contribution in [2.24, 2.45) is 17.3 Å². The van der Waals surface area contributed by atoms with E-state index >= 15 is 0 Å². The zero-order valence-corrected chi connectivity index (χ0v) is 46.3. The minimum atomic E-state index is -4.05. The van der Waals surface area contributed by atoms with Gasteiger partial charge in [0.05, 0.1) is 24.2 Å². The summed E-state index contributed by atoms with van der Waals surface area (Å²) in [6.07, 6.45) is 1.07. The van der Waals surface area contributed by atoms with Crippen LogP contribution < -0.4 is 10.1 Å². The minimum Gasteiger partial charge on any atom is -0.497 e. The summed E-state index contributed by atoms with van der Waals surface area (Å²) in [5.74, 6) is -3.13. The fourth-order valence-corrected chi connectivity index (χ4v) is 10.9. The van der Waals surface area contributed by atoms with E-state index in [1.54, 1.807) is 45.0 Å². The molecule has 15 heteroatoms. The molecule has 0 bridgehead atoms. The molecule has 1 fully saturated rings. The Morgan fingerprint density at radius 2 is 1.52 bits per heavy atom. The Bertz CT molecular complexity index is 2700. The number of likely N-dealkylation sites (tertiary alicyclic amines) is 1. The molecule has 1 aliphatic rings. The lowest BCUT2D eigenvalue weighted by Crippen LogP contribution is -2.53. The zero-order valence-electron chi connectivity index (χ0n) is 45.4. The normalized spacial score (nSPS) is 15.7. The second-order valence-electron chi connectivity index (χ2n) is 21.3. The highest BCUT2D eigenvalue weighted by atomic mass is 32.2. The Hall–Kier alpha value is -6.03. The molecule has 1 aliphatic heterocycles. The number of rotatable bonds is 28. The van der Waals surface area contributed by atoms with Gasteiger partial charge in [0.15, 0.2) is 5.78 Å². The van der Waals surface area contributed by atoms with Gasteiger partial charge in [0.25, 0.3) is 5.91 Å². The number of amides is 2. The Kier molecular flexibility index (Phi) is 22.1. The van der Waals surface area contributed by atoms with Crippen LogP contribution in [-0.4, -0.2) is 103 Å². The number of ether oxygens (including phenoxy) is 2. The number of sulfonamides is 1. The molecule has 0 saturated carbocycles. The molecule has 0 aliphatic carbocycles. The molecule has 0 radical (unpaired) electrons. The first-order valence-corrected chi connectivity index (χ1v) is 27.9. The van der Waals surface area contributed by atoms with Crippen molar-refractivity contribution in [1.82, 2.24) is 14.5 Å². The molecule has 0 spiro atoms. The van der Waals surface area contributed by atoms with Crippen LogP contribution in [0.5, 0.6) is 5.75 Å². The first-order chi connectivity index (χ1) is 35.5. The highest BCUT2D eigenvalue weighted by Gasteiger charge is 2.41. The van der Waals surface area contributed by atoms with Crippen LogP contribution in [0.3, 0.4) is 0 Å². The maximum atomic E-state index is 14.1. The van der Waals surface area contributed by atoms with Gasteiger partial charge in [0, 0.05) is 50.7 Å². The van der Waals surface area contributed by atoms with Gasteiger partial charge in [-0.2, -0.15) is 4.31 Å². The molecular formula is C60H79N3O11S. The monoisotopic (exact) mass is 1050 g/mol. The third-order valence-electron chi connectivity index (χ3n) is 14.5. The smallest absolute Gasteiger partial charge is 0.329 e. The van der Waals surface area contributed by atoms with Crippen molar-refractivity contribution in [3.05, 3.63) is 130 Å². The van der Waals surface area contributed by atoms with Crippen molar-refractivity contribution in [2.45, 2.75) is 155 Å². The number of aliphatic hydroxyl groups excluding tert-OH is 1. The largest absolute Gasteiger partial charge is 0.497 e. The van der Waals surface area contributed by atoms with Crippen LogP contribution in [0, 0.1) is 31.1 Å². The Balaban J connectivity index is 1.23. The molecular weight excluding hydrogens is 971 g/mol. The lowest BCUT2D eigenvalue weighted by atomic mass is 9.84. The lowest BCUT2D eigenvalue weighted by Gasteiger charge is -2.36. The summed E-state index contributed by atoms with van der Waals surface area (Å²) in [5, 5.41) is 14.5. The molecule has 5 rings (SSSR count). The van der Waals surface area contributed by atoms with E-state index in [4.69, 9.17) is 9.47 Å². The second-order valence-corrected chi connectivity index (χ2v) is 23.2. The molecule has 2 amide bonds. The topological polar surface area (TPSA) is 194 Å². The van der Waals surface area contributed by atoms with E-state index in [1.807, 2.05) is 83.1 Å². The summed E-state index contributed by atoms with van der Waals surface area (Å²) < 4.78 is 40.6. The molecule has 1 heterocycles. The van der Waals surface area contributed by atoms with Gasteiger partial charge in [0.2, 0.25) is 21.7 Å². The van der Waals surface area contributed by atoms with Crippen LogP contribution in [0.2, 0.25) is 0 Å². The van der Waals surface area contributed by atoms with E-state index in [0.29, 0.717) is 55.4 Å². The Morgan fingerprint density at radius 1 is 0.827 bits per heavy atom. The van der Waals surface area contributed by atoms with Gasteiger partial charge in [-0.3, -0.25) is 24.0 Å². The van der Waals surface area contributed by atoms with Crippen molar-refractivity contribution in [3.8, 4) is 5.75 Å². The third kappa shape index (κ3) is 17.2. The lowest BCUT2D eigenvalue weighted by molar-refractivity contribution is -0.164. The number of methoxy groups -OCH3 is 1. The summed E-state index contributed by atoms with van der Waals surface area (Å²) in [4.78, 5) is 83.0. The number of esters is 1. The standard InChI is InChI=1S/C60H79N3O11S/c1-10-60(7,8)57(68)58(69)63-32-15-14-21-52(63)59(70)74-55(30-24-45-23-22-41(4)42(5)33-45)47-20-16-19-46(35-47)36-49(64)25-31-56(67)61-43(6)53(65)37-48(34-44-17-12-11-13-18-44)54(66)39-62(38-40(2)3)75(71,72)51-28-26-50(73-9)27-29-51/h11-13,16-20,22-23,26-29,33,35,40,43,48,52,54-55,66H,10,14-15,21,24-25,30-32,34,36-39H2,1-9H3,(H,61,67)/t43?,48-,52-,54-,55+/m0/s1. The Labute approximate surface area is 445 Å². The van der Waals surface area contributed by atoms with Gasteiger partial charge >= 0.3 is 5.97 Å². The molecule has 0 aromatic heterocycles. The van der Waals surface area contributed by atoms with Crippen LogP contribution in [0.15, 0.2) is 102 Å². The molecule has 2 N–H and O–H groups in total. The number of Topliss-reactive ketones (excluding diaryl/α,β-unsaturated/α-hetero) is 3. The maximum Gasteiger partial charge on any atom is 0.329 e. The van der Waals surface area contributed by atoms with Gasteiger partial charge in [-0.25, -0.2) is 13.2 Å². The molecule has 1 saturated heterocycles. The van der Waals surface area contributed by atoms with E-state index in [0.717, 1.165) is 22.3 Å². The predicted octanol–water partition coefficient (Wildman–Crippen LogP) is 8.84. The number of carbonyl (C=O) groups excluding carboxylic acids is 6. The van der Waals surface area contributed by atoms with Gasteiger partial charge in [0.1, 0.15) is 23.7 Å². The van der Waals surface area contributed by atoms with Crippen LogP contribution in [0.4, 0.5) is 0 Å². The quantitative estimate of drug-likeness (QED) is 0.0408. The van der Waals surface area contributed by atoms with Gasteiger partial charge in [-0.05, 0) is 135 Å². The van der Waals surface area contributed by atoms with E-state index in [-0.39, 0.29) is 74.1 Å². The molecule has 5 atom stereocenters. The number of hydrogen-bond acceptors (Lipinski definition) is 11. The van der Waals surface area contributed by atoms with Crippen LogP contribution >= 0.6 is 0 Å². The zero-order chi connectivity index (χ0) is 55.0. The molecule has 75 heavy (non-hydrogen) atoms. The van der Waals surface area contributed by atoms with E-state index in [9.17, 15) is 42.3 Å². The third-order valence-corrected chi connectivity index (χ3v) is 16.3. The predicted molar refractivity (Wildman–Crippen MR) is 289 cm³/mol. The van der Waals surface area contributed by atoms with E-state index in [2.05, 4.69) is 17.4 Å². The number of aliphatic hydroxyl groups is 1. The summed E-state index contributed by atoms with van der Waals surface area (Å²) in [6.45, 7) is 14.9. The first-order valence-electron chi connectivity index (χ1n) is 26.4. The number of nitrogens with one attached hydrogen (secondary N) is 1. The van der Waals surface area contributed by atoms with Crippen molar-refractivity contribution in [1.29, 1.82) is 0 Å². The Morgan fingerprint density at radius 3 is 2.17 bits per heavy atom. The highest BCUT2D eigenvalue weighted by molar-refractivity contribution is 7.89. The summed E-state index contributed by atoms with van der Waals surface area (Å²) in [5.41, 5.74) is 4.66. The van der Waals surface area contributed by atoms with Crippen LogP contribution in [0.25, 0.3) is 0 Å². The fraction of sp³-hybridized carbons (Fsp3) is 0.500. The summed E-state index contributed by atoms with van der Waals surface area (Å²) >= 11 is 0. The molecule has 406 valence electrons. The maximum absolute atomic E-state index is 14.1. The first kappa shape index (κ1) is 59.8. The fourth-order valence-electron chi connectivity index (χ4n) is 9.26. The van der Waals surface area contributed by atoms with Crippen LogP contribution in [-0.2, 0) is 62.8 Å². The van der Waals surface area contributed by atoms with Gasteiger partial charge < -0.3 is 24.8 Å². The number of hydrogen-bond donors (Lipinski definition) is 2. The van der Waals surface area contributed by atoms with Crippen molar-refractivity contribution in [2.75, 3.05) is 26.7 Å². The van der Waals surface area contributed by atoms with Crippen LogP contribution in [0.1, 0.15) is 132 Å². The van der Waals surface area contributed by atoms with E-state index in [1.165, 1.54) is 28.4 Å². The second kappa shape index (κ2) is 27.7. The molecule has 14 nitrogen and oxygen atoms in total. The molecule has 4 aromatic carbocycles. The van der Waals surface area contributed by atoms with Crippen molar-refractivity contribution in [3.63, 3.8) is 0 Å². The van der Waals surface area contributed by atoms with E-state index < -0.39 is 69.2 Å². The highest BCUT2D eigenvalue weighted by Crippen LogP contribution is 2.31. The van der Waals surface area contributed by atoms with Crippen molar-refractivity contribution >= 4 is 45.2 Å². The molecule has 1 unspecified atom stereocenters. The SMILES string of the molecule is CCC(C)(C)C(=O)C(=O)N1CCCC[C@H]1C(=O)O[C@H](CCc1ccc(C)c(C)c1)c1cccc(CC(=O)CCC(=O)NC(C)C(=O)C[C@H](Cc2ccccc2)[C@@H](O)CN(CC(C)C)S(=O)(=O)c2ccc(OC)cc2)c1. The summed E-state index contributed by atoms with van der Waals surface area (Å²) in [6, 6.07) is 26.9. The van der Waals surface area contributed by atoms with Gasteiger partial charge in [-0.15, -0.1) is 0 Å². The molecule has 4 aromatic rings. The average Bonchev–Trinajstić information content (AvgIpc) is 3.39. The number of carbonyl (C=O) groups is 6. The number of benzene rings is 4. The average molecular weight is 1050 g/mol. The van der Waals surface area contributed by atoms with Crippen molar-refractivity contribution < 1.29 is 51.8 Å². The number of ketones is 3. The van der Waals surface area contributed by atoms with Gasteiger partial charge in [-0.1, -0.05) is 107 Å². The minimum absolute atomic E-state index is 0.00523. The number of aryl methyl sites for hydroxylation is 3. The number of piperidine rings is 1. The number of nitrogens with zero attached hydrogens (tertiary/aromatic N) is 2.